The minimum absolute atomic E-state index is 0.0506. The highest BCUT2D eigenvalue weighted by atomic mass is 32.2. The van der Waals surface area contributed by atoms with Gasteiger partial charge in [0.1, 0.15) is 5.65 Å². The first kappa shape index (κ1) is 25.1. The van der Waals surface area contributed by atoms with Crippen LogP contribution in [0, 0.1) is 6.92 Å². The fourth-order valence-corrected chi connectivity index (χ4v) is 5.28. The number of hydrogen-bond donors (Lipinski definition) is 2. The first-order valence-corrected chi connectivity index (χ1v) is 14.4. The first-order chi connectivity index (χ1) is 17.7. The maximum atomic E-state index is 13.6. The zero-order valence-corrected chi connectivity index (χ0v) is 22.1. The van der Waals surface area contributed by atoms with Gasteiger partial charge in [0.2, 0.25) is 5.95 Å². The van der Waals surface area contributed by atoms with E-state index in [2.05, 4.69) is 26.5 Å². The SMILES string of the molecule is C=S(C)(=O)c1ccc(C)c(-c2cc3cnc(Nc4ccc(C5CNCCO5)cc4)nc3n(CC)c2=O)c1. The lowest BCUT2D eigenvalue weighted by molar-refractivity contribution is 0.0277. The van der Waals surface area contributed by atoms with Crippen molar-refractivity contribution < 1.29 is 8.95 Å². The van der Waals surface area contributed by atoms with E-state index in [0.717, 1.165) is 40.9 Å². The molecule has 2 atom stereocenters. The molecule has 192 valence electrons. The van der Waals surface area contributed by atoms with Crippen molar-refractivity contribution in [2.24, 2.45) is 0 Å². The monoisotopic (exact) mass is 517 g/mol. The Morgan fingerprint density at radius 2 is 1.97 bits per heavy atom. The number of hydrogen-bond acceptors (Lipinski definition) is 7. The zero-order valence-electron chi connectivity index (χ0n) is 21.3. The predicted octanol–water partition coefficient (Wildman–Crippen LogP) is 3.90. The summed E-state index contributed by atoms with van der Waals surface area (Å²) in [5, 5.41) is 7.33. The number of nitrogens with zero attached hydrogens (tertiary/aromatic N) is 3. The Morgan fingerprint density at radius 1 is 1.19 bits per heavy atom. The molecular formula is C28H31N5O3S. The number of aromatic nitrogens is 3. The number of ether oxygens (including phenoxy) is 1. The molecule has 1 aliphatic heterocycles. The molecule has 0 bridgehead atoms. The van der Waals surface area contributed by atoms with Crippen molar-refractivity contribution in [3.63, 3.8) is 0 Å². The van der Waals surface area contributed by atoms with Gasteiger partial charge in [-0.15, -0.1) is 0 Å². The standard InChI is InChI=1S/C28H31N5O3S/c1-5-33-26-20(14-24(27(33)34)23-15-22(37(3,4)35)11-6-18(23)2)16-30-28(32-26)31-21-9-7-19(8-10-21)25-17-29-12-13-36-25/h6-11,14-16,25,29H,3,5,12-13,17H2,1-2,4H3,(H,30,31,32). The van der Waals surface area contributed by atoms with E-state index in [4.69, 9.17) is 4.74 Å². The van der Waals surface area contributed by atoms with Crippen LogP contribution in [0.5, 0.6) is 0 Å². The van der Waals surface area contributed by atoms with Crippen LogP contribution in [0.15, 0.2) is 64.4 Å². The van der Waals surface area contributed by atoms with Gasteiger partial charge in [0, 0.05) is 53.6 Å². The zero-order chi connectivity index (χ0) is 26.2. The topological polar surface area (TPSA) is 98.1 Å². The van der Waals surface area contributed by atoms with Crippen LogP contribution in [0.1, 0.15) is 24.2 Å². The molecule has 2 unspecified atom stereocenters. The molecule has 0 aliphatic carbocycles. The van der Waals surface area contributed by atoms with E-state index in [9.17, 15) is 9.00 Å². The van der Waals surface area contributed by atoms with Gasteiger partial charge in [-0.1, -0.05) is 18.2 Å². The molecule has 0 amide bonds. The van der Waals surface area contributed by atoms with Crippen LogP contribution in [0.2, 0.25) is 0 Å². The first-order valence-electron chi connectivity index (χ1n) is 12.3. The Bertz CT molecular complexity index is 1620. The van der Waals surface area contributed by atoms with Crippen molar-refractivity contribution in [1.29, 1.82) is 0 Å². The fraction of sp³-hybridized carbons (Fsp3) is 0.286. The van der Waals surface area contributed by atoms with Crippen molar-refractivity contribution in [2.75, 3.05) is 31.3 Å². The summed E-state index contributed by atoms with van der Waals surface area (Å²) in [5.41, 5.74) is 4.54. The lowest BCUT2D eigenvalue weighted by atomic mass is 10.0. The number of benzene rings is 2. The van der Waals surface area contributed by atoms with Crippen LogP contribution in [-0.4, -0.2) is 50.6 Å². The fourth-order valence-electron chi connectivity index (χ4n) is 4.56. The average Bonchev–Trinajstić information content (AvgIpc) is 2.89. The van der Waals surface area contributed by atoms with E-state index in [1.54, 1.807) is 23.1 Å². The molecule has 1 aliphatic rings. The third-order valence-electron chi connectivity index (χ3n) is 6.61. The second-order valence-corrected chi connectivity index (χ2v) is 11.9. The summed E-state index contributed by atoms with van der Waals surface area (Å²) in [4.78, 5) is 23.4. The molecule has 2 N–H and O–H groups in total. The molecule has 0 saturated carbocycles. The number of rotatable bonds is 6. The summed E-state index contributed by atoms with van der Waals surface area (Å²) in [7, 11) is -2.42. The van der Waals surface area contributed by atoms with Gasteiger partial charge in [-0.2, -0.15) is 4.98 Å². The van der Waals surface area contributed by atoms with Crippen LogP contribution >= 0.6 is 0 Å². The summed E-state index contributed by atoms with van der Waals surface area (Å²) in [6.07, 6.45) is 3.37. The Kier molecular flexibility index (Phi) is 6.85. The van der Waals surface area contributed by atoms with E-state index >= 15 is 0 Å². The van der Waals surface area contributed by atoms with Gasteiger partial charge in [0.05, 0.1) is 12.7 Å². The van der Waals surface area contributed by atoms with Gasteiger partial charge >= 0.3 is 0 Å². The predicted molar refractivity (Wildman–Crippen MR) is 150 cm³/mol. The van der Waals surface area contributed by atoms with Crippen molar-refractivity contribution in [3.05, 3.63) is 76.2 Å². The molecule has 1 fully saturated rings. The molecule has 37 heavy (non-hydrogen) atoms. The smallest absolute Gasteiger partial charge is 0.260 e. The highest BCUT2D eigenvalue weighted by molar-refractivity contribution is 7.99. The average molecular weight is 518 g/mol. The van der Waals surface area contributed by atoms with Crippen molar-refractivity contribution in [1.82, 2.24) is 19.9 Å². The number of pyridine rings is 1. The maximum Gasteiger partial charge on any atom is 0.260 e. The molecule has 2 aromatic heterocycles. The van der Waals surface area contributed by atoms with E-state index in [1.807, 2.05) is 56.3 Å². The largest absolute Gasteiger partial charge is 0.371 e. The van der Waals surface area contributed by atoms with Crippen LogP contribution < -0.4 is 16.2 Å². The normalized spacial score (nSPS) is 17.4. The molecule has 9 heteroatoms. The van der Waals surface area contributed by atoms with Crippen LogP contribution in [0.4, 0.5) is 11.6 Å². The van der Waals surface area contributed by atoms with Crippen molar-refractivity contribution in [3.8, 4) is 11.1 Å². The summed E-state index contributed by atoms with van der Waals surface area (Å²) in [6, 6.07) is 15.3. The molecule has 4 aromatic rings. The van der Waals surface area contributed by atoms with Gasteiger partial charge in [-0.05, 0) is 76.3 Å². The molecule has 1 saturated heterocycles. The Labute approximate surface area is 216 Å². The number of anilines is 2. The quantitative estimate of drug-likeness (QED) is 0.375. The van der Waals surface area contributed by atoms with Crippen LogP contribution in [0.3, 0.4) is 0 Å². The summed E-state index contributed by atoms with van der Waals surface area (Å²) < 4.78 is 20.0. The lowest BCUT2D eigenvalue weighted by Crippen LogP contribution is -2.33. The third-order valence-corrected chi connectivity index (χ3v) is 7.86. The molecule has 0 radical (unpaired) electrons. The Morgan fingerprint density at radius 3 is 2.65 bits per heavy atom. The summed E-state index contributed by atoms with van der Waals surface area (Å²) >= 11 is 0. The van der Waals surface area contributed by atoms with E-state index in [1.165, 1.54) is 0 Å². The summed E-state index contributed by atoms with van der Waals surface area (Å²) in [5.74, 6) is 4.20. The van der Waals surface area contributed by atoms with Crippen molar-refractivity contribution >= 4 is 38.1 Å². The number of morpholine rings is 1. The number of aryl methyl sites for hydroxylation is 2. The third kappa shape index (κ3) is 5.16. The molecule has 8 nitrogen and oxygen atoms in total. The van der Waals surface area contributed by atoms with E-state index in [0.29, 0.717) is 35.2 Å². The van der Waals surface area contributed by atoms with Gasteiger partial charge in [0.15, 0.2) is 0 Å². The maximum absolute atomic E-state index is 13.6. The van der Waals surface area contributed by atoms with Crippen molar-refractivity contribution in [2.45, 2.75) is 31.4 Å². The minimum atomic E-state index is -2.42. The van der Waals surface area contributed by atoms with E-state index in [-0.39, 0.29) is 11.7 Å². The number of nitrogens with one attached hydrogen (secondary N) is 2. The van der Waals surface area contributed by atoms with Gasteiger partial charge in [-0.25, -0.2) is 4.98 Å². The highest BCUT2D eigenvalue weighted by Crippen LogP contribution is 2.27. The molecular weight excluding hydrogens is 486 g/mol. The highest BCUT2D eigenvalue weighted by Gasteiger charge is 2.17. The number of fused-ring (bicyclic) bond motifs is 1. The second-order valence-electron chi connectivity index (χ2n) is 9.37. The summed E-state index contributed by atoms with van der Waals surface area (Å²) in [6.45, 7) is 6.68. The molecule has 0 spiro atoms. The Hall–Kier alpha value is -3.53. The lowest BCUT2D eigenvalue weighted by Gasteiger charge is -2.24. The molecule has 2 aromatic carbocycles. The molecule has 5 rings (SSSR count). The van der Waals surface area contributed by atoms with Gasteiger partial charge in [-0.3, -0.25) is 13.6 Å². The second kappa shape index (κ2) is 10.1. The Balaban J connectivity index is 1.50. The van der Waals surface area contributed by atoms with Crippen LogP contribution in [-0.2, 0) is 20.8 Å². The van der Waals surface area contributed by atoms with Gasteiger partial charge in [0.25, 0.3) is 5.56 Å². The van der Waals surface area contributed by atoms with Crippen LogP contribution in [0.25, 0.3) is 22.2 Å². The van der Waals surface area contributed by atoms with Gasteiger partial charge < -0.3 is 15.4 Å². The molecule has 3 heterocycles. The minimum Gasteiger partial charge on any atom is -0.371 e. The van der Waals surface area contributed by atoms with E-state index < -0.39 is 9.52 Å².